The molecular formula is C38H29N3Si. The van der Waals surface area contributed by atoms with Crippen LogP contribution in [0.3, 0.4) is 0 Å². The predicted octanol–water partition coefficient (Wildman–Crippen LogP) is 7.20. The highest BCUT2D eigenvalue weighted by molar-refractivity contribution is 7.11. The Morgan fingerprint density at radius 2 is 1.12 bits per heavy atom. The maximum atomic E-state index is 5.10. The molecule has 0 atom stereocenters. The molecule has 42 heavy (non-hydrogen) atoms. The summed E-state index contributed by atoms with van der Waals surface area (Å²) in [5.74, 6) is 0.926. The summed E-state index contributed by atoms with van der Waals surface area (Å²) in [6.07, 6.45) is 0. The maximum Gasteiger partial charge on any atom is 0.220 e. The second kappa shape index (κ2) is 9.72. The topological polar surface area (TPSA) is 22.2 Å². The highest BCUT2D eigenvalue weighted by atomic mass is 28.3. The number of hydrogen-bond acceptors (Lipinski definition) is 1. The lowest BCUT2D eigenvalue weighted by Gasteiger charge is -2.31. The quantitative estimate of drug-likeness (QED) is 0.163. The molecular weight excluding hydrogens is 527 g/mol. The SMILES string of the molecule is C[Si](c1ccccc1)(c1ccccc1)c1ccccc1-c1cccc(-n2c3ccccc3n3c4ccccc4nc23)c1. The van der Waals surface area contributed by atoms with E-state index in [9.17, 15) is 0 Å². The summed E-state index contributed by atoms with van der Waals surface area (Å²) in [5.41, 5.74) is 8.01. The van der Waals surface area contributed by atoms with Crippen LogP contribution < -0.4 is 15.6 Å². The lowest BCUT2D eigenvalue weighted by molar-refractivity contribution is 1.11. The zero-order valence-electron chi connectivity index (χ0n) is 23.4. The summed E-state index contributed by atoms with van der Waals surface area (Å²) in [6.45, 7) is 2.49. The molecule has 8 aromatic rings. The Morgan fingerprint density at radius 3 is 1.86 bits per heavy atom. The van der Waals surface area contributed by atoms with Gasteiger partial charge in [-0.2, -0.15) is 0 Å². The van der Waals surface area contributed by atoms with E-state index < -0.39 is 8.07 Å². The highest BCUT2D eigenvalue weighted by Crippen LogP contribution is 2.31. The Hall–Kier alpha value is -5.19. The molecule has 0 bridgehead atoms. The van der Waals surface area contributed by atoms with Crippen LogP contribution in [0.25, 0.3) is 44.7 Å². The Morgan fingerprint density at radius 1 is 0.524 bits per heavy atom. The Kier molecular flexibility index (Phi) is 5.69. The summed E-state index contributed by atoms with van der Waals surface area (Å²) < 4.78 is 4.58. The number of nitrogens with zero attached hydrogens (tertiary/aromatic N) is 3. The van der Waals surface area contributed by atoms with Gasteiger partial charge in [0.1, 0.15) is 8.07 Å². The van der Waals surface area contributed by atoms with Gasteiger partial charge < -0.3 is 0 Å². The maximum absolute atomic E-state index is 5.10. The van der Waals surface area contributed by atoms with Gasteiger partial charge in [-0.3, -0.25) is 8.97 Å². The largest absolute Gasteiger partial charge is 0.278 e. The summed E-state index contributed by atoms with van der Waals surface area (Å²) in [7, 11) is -2.32. The molecule has 0 aliphatic heterocycles. The first kappa shape index (κ1) is 24.6. The molecule has 0 aliphatic rings. The molecule has 0 saturated carbocycles. The van der Waals surface area contributed by atoms with Gasteiger partial charge in [-0.15, -0.1) is 0 Å². The first-order chi connectivity index (χ1) is 20.7. The molecule has 200 valence electrons. The first-order valence-corrected chi connectivity index (χ1v) is 16.9. The average molecular weight is 556 g/mol. The zero-order valence-corrected chi connectivity index (χ0v) is 24.4. The Balaban J connectivity index is 1.37. The van der Waals surface area contributed by atoms with E-state index in [2.05, 4.69) is 173 Å². The van der Waals surface area contributed by atoms with Crippen molar-refractivity contribution in [2.75, 3.05) is 0 Å². The van der Waals surface area contributed by atoms with E-state index in [1.807, 2.05) is 0 Å². The molecule has 0 radical (unpaired) electrons. The fourth-order valence-electron chi connectivity index (χ4n) is 6.61. The van der Waals surface area contributed by atoms with Crippen molar-refractivity contribution in [1.82, 2.24) is 14.0 Å². The molecule has 0 fully saturated rings. The number of imidazole rings is 2. The van der Waals surface area contributed by atoms with Crippen molar-refractivity contribution in [1.29, 1.82) is 0 Å². The second-order valence-corrected chi connectivity index (χ2v) is 15.0. The van der Waals surface area contributed by atoms with Gasteiger partial charge in [0.2, 0.25) is 5.78 Å². The van der Waals surface area contributed by atoms with Crippen LogP contribution in [-0.4, -0.2) is 22.0 Å². The fourth-order valence-corrected chi connectivity index (χ4v) is 10.5. The van der Waals surface area contributed by atoms with Crippen molar-refractivity contribution in [2.24, 2.45) is 0 Å². The number of para-hydroxylation sites is 4. The zero-order chi connectivity index (χ0) is 28.1. The van der Waals surface area contributed by atoms with Gasteiger partial charge in [-0.25, -0.2) is 4.98 Å². The van der Waals surface area contributed by atoms with Crippen LogP contribution in [0.4, 0.5) is 0 Å². The predicted molar refractivity (Wildman–Crippen MR) is 178 cm³/mol. The summed E-state index contributed by atoms with van der Waals surface area (Å²) >= 11 is 0. The average Bonchev–Trinajstić information content (AvgIpc) is 3.60. The lowest BCUT2D eigenvalue weighted by atomic mass is 10.0. The minimum atomic E-state index is -2.32. The van der Waals surface area contributed by atoms with Crippen LogP contribution in [0.1, 0.15) is 0 Å². The Labute approximate surface area is 246 Å². The second-order valence-electron chi connectivity index (χ2n) is 11.0. The number of fused-ring (bicyclic) bond motifs is 5. The van der Waals surface area contributed by atoms with E-state index in [1.54, 1.807) is 0 Å². The normalized spacial score (nSPS) is 11.9. The molecule has 0 aliphatic carbocycles. The number of hydrogen-bond donors (Lipinski definition) is 0. The molecule has 6 aromatic carbocycles. The van der Waals surface area contributed by atoms with Crippen molar-refractivity contribution >= 4 is 51.5 Å². The third-order valence-corrected chi connectivity index (χ3v) is 13.2. The van der Waals surface area contributed by atoms with Gasteiger partial charge in [0, 0.05) is 5.69 Å². The third kappa shape index (κ3) is 3.69. The van der Waals surface area contributed by atoms with Gasteiger partial charge in [0.15, 0.2) is 0 Å². The van der Waals surface area contributed by atoms with Crippen LogP contribution in [-0.2, 0) is 0 Å². The van der Waals surface area contributed by atoms with Gasteiger partial charge in [0.25, 0.3) is 0 Å². The van der Waals surface area contributed by atoms with Crippen molar-refractivity contribution in [3.63, 3.8) is 0 Å². The van der Waals surface area contributed by atoms with E-state index in [1.165, 1.54) is 26.7 Å². The molecule has 2 aromatic heterocycles. The Bertz CT molecular complexity index is 2170. The molecule has 0 saturated heterocycles. The standard InChI is InChI=1S/C38H29N3Si/c1-42(30-17-4-2-5-18-30,31-19-6-3-7-20-31)37-26-13-8-21-32(37)28-15-14-16-29(27-28)40-35-24-11-12-25-36(35)41-34-23-10-9-22-33(34)39-38(40)41/h2-27H,1H3. The number of benzene rings is 6. The van der Waals surface area contributed by atoms with Crippen molar-refractivity contribution in [2.45, 2.75) is 6.55 Å². The van der Waals surface area contributed by atoms with Crippen molar-refractivity contribution < 1.29 is 0 Å². The number of aromatic nitrogens is 3. The summed E-state index contributed by atoms with van der Waals surface area (Å²) in [5, 5.41) is 4.22. The smallest absolute Gasteiger partial charge is 0.220 e. The van der Waals surface area contributed by atoms with E-state index in [0.29, 0.717) is 0 Å². The third-order valence-electron chi connectivity index (χ3n) is 8.69. The highest BCUT2D eigenvalue weighted by Gasteiger charge is 2.36. The van der Waals surface area contributed by atoms with Crippen LogP contribution in [0.2, 0.25) is 6.55 Å². The van der Waals surface area contributed by atoms with E-state index >= 15 is 0 Å². The number of rotatable bonds is 5. The van der Waals surface area contributed by atoms with Gasteiger partial charge in [-0.05, 0) is 63.1 Å². The minimum absolute atomic E-state index is 0.926. The summed E-state index contributed by atoms with van der Waals surface area (Å²) in [4.78, 5) is 5.10. The van der Waals surface area contributed by atoms with Gasteiger partial charge in [-0.1, -0.05) is 128 Å². The molecule has 0 amide bonds. The van der Waals surface area contributed by atoms with Crippen molar-refractivity contribution in [3.8, 4) is 16.8 Å². The molecule has 3 nitrogen and oxygen atoms in total. The molecule has 4 heteroatoms. The molecule has 0 spiro atoms. The van der Waals surface area contributed by atoms with Gasteiger partial charge in [0.05, 0.1) is 22.1 Å². The first-order valence-electron chi connectivity index (χ1n) is 14.4. The molecule has 8 rings (SSSR count). The lowest BCUT2D eigenvalue weighted by Crippen LogP contribution is -2.65. The monoisotopic (exact) mass is 555 g/mol. The van der Waals surface area contributed by atoms with Crippen LogP contribution in [0.5, 0.6) is 0 Å². The van der Waals surface area contributed by atoms with E-state index in [4.69, 9.17) is 4.98 Å². The molecule has 0 N–H and O–H groups in total. The molecule has 0 unspecified atom stereocenters. The molecule has 2 heterocycles. The van der Waals surface area contributed by atoms with Crippen molar-refractivity contribution in [3.05, 3.63) is 158 Å². The van der Waals surface area contributed by atoms with Gasteiger partial charge >= 0.3 is 0 Å². The van der Waals surface area contributed by atoms with Crippen LogP contribution >= 0.6 is 0 Å². The fraction of sp³-hybridized carbons (Fsp3) is 0.0263. The van der Waals surface area contributed by atoms with E-state index in [0.717, 1.165) is 33.5 Å². The van der Waals surface area contributed by atoms with E-state index in [-0.39, 0.29) is 0 Å². The van der Waals surface area contributed by atoms with Crippen LogP contribution in [0.15, 0.2) is 158 Å². The minimum Gasteiger partial charge on any atom is -0.278 e. The van der Waals surface area contributed by atoms with Crippen LogP contribution in [0, 0.1) is 0 Å². The summed E-state index contributed by atoms with van der Waals surface area (Å²) in [6, 6.07) is 57.0.